The highest BCUT2D eigenvalue weighted by atomic mass is 16.5. The van der Waals surface area contributed by atoms with Gasteiger partial charge in [0.1, 0.15) is 0 Å². The zero-order valence-electron chi connectivity index (χ0n) is 14.7. The molecule has 0 heterocycles. The second-order valence-corrected chi connectivity index (χ2v) is 9.45. The third kappa shape index (κ3) is 2.10. The van der Waals surface area contributed by atoms with Crippen molar-refractivity contribution in [3.8, 4) is 0 Å². The first-order valence-corrected chi connectivity index (χ1v) is 9.83. The van der Waals surface area contributed by atoms with Crippen LogP contribution in [-0.4, -0.2) is 6.10 Å². The summed E-state index contributed by atoms with van der Waals surface area (Å²) in [4.78, 5) is 0. The summed E-state index contributed by atoms with van der Waals surface area (Å²) in [5.74, 6) is 3.98. The SMILES string of the molecule is C=COC1CCC2CCC3C4CCCC4(C)CCC3C2(C)C1. The molecule has 22 heavy (non-hydrogen) atoms. The van der Waals surface area contributed by atoms with E-state index in [4.69, 9.17) is 4.74 Å². The average Bonchev–Trinajstić information content (AvgIpc) is 2.88. The normalized spacial score (nSPS) is 54.0. The van der Waals surface area contributed by atoms with Crippen LogP contribution in [0, 0.1) is 34.5 Å². The van der Waals surface area contributed by atoms with Crippen LogP contribution < -0.4 is 0 Å². The highest BCUT2D eigenvalue weighted by molar-refractivity contribution is 5.07. The molecule has 124 valence electrons. The highest BCUT2D eigenvalue weighted by Gasteiger charge is 2.58. The maximum absolute atomic E-state index is 5.85. The molecular weight excluding hydrogens is 268 g/mol. The van der Waals surface area contributed by atoms with Gasteiger partial charge in [-0.25, -0.2) is 0 Å². The van der Waals surface area contributed by atoms with E-state index in [0.717, 1.165) is 23.7 Å². The van der Waals surface area contributed by atoms with Gasteiger partial charge in [-0.05, 0) is 92.3 Å². The Bertz CT molecular complexity index is 443. The third-order valence-electron chi connectivity index (χ3n) is 8.64. The Labute approximate surface area is 136 Å². The molecule has 4 fully saturated rings. The topological polar surface area (TPSA) is 9.23 Å². The molecule has 0 amide bonds. The van der Waals surface area contributed by atoms with Gasteiger partial charge in [-0.15, -0.1) is 0 Å². The number of ether oxygens (including phenoxy) is 1. The monoisotopic (exact) mass is 302 g/mol. The van der Waals surface area contributed by atoms with E-state index in [9.17, 15) is 0 Å². The first kappa shape index (κ1) is 15.1. The van der Waals surface area contributed by atoms with Gasteiger partial charge in [-0.1, -0.05) is 26.8 Å². The summed E-state index contributed by atoms with van der Waals surface area (Å²) < 4.78 is 5.85. The number of hydrogen-bond donors (Lipinski definition) is 0. The maximum Gasteiger partial charge on any atom is 0.0983 e. The second-order valence-electron chi connectivity index (χ2n) is 9.45. The van der Waals surface area contributed by atoms with Gasteiger partial charge in [0, 0.05) is 0 Å². The summed E-state index contributed by atoms with van der Waals surface area (Å²) in [5.41, 5.74) is 1.23. The van der Waals surface area contributed by atoms with Crippen LogP contribution in [0.3, 0.4) is 0 Å². The van der Waals surface area contributed by atoms with Gasteiger partial charge in [-0.2, -0.15) is 0 Å². The predicted molar refractivity (Wildman–Crippen MR) is 91.4 cm³/mol. The Morgan fingerprint density at radius 1 is 0.955 bits per heavy atom. The summed E-state index contributed by atoms with van der Waals surface area (Å²) in [6.07, 6.45) is 16.6. The summed E-state index contributed by atoms with van der Waals surface area (Å²) in [6.45, 7) is 9.03. The summed E-state index contributed by atoms with van der Waals surface area (Å²) in [6, 6.07) is 0. The van der Waals surface area contributed by atoms with E-state index >= 15 is 0 Å². The molecule has 0 saturated heterocycles. The van der Waals surface area contributed by atoms with Gasteiger partial charge >= 0.3 is 0 Å². The first-order chi connectivity index (χ1) is 10.6. The van der Waals surface area contributed by atoms with E-state index in [-0.39, 0.29) is 0 Å². The Morgan fingerprint density at radius 3 is 2.59 bits per heavy atom. The summed E-state index contributed by atoms with van der Waals surface area (Å²) in [5, 5.41) is 0. The van der Waals surface area contributed by atoms with E-state index in [1.807, 2.05) is 0 Å². The van der Waals surface area contributed by atoms with Crippen molar-refractivity contribution in [3.05, 3.63) is 12.8 Å². The summed E-state index contributed by atoms with van der Waals surface area (Å²) in [7, 11) is 0. The Hall–Kier alpha value is -0.460. The number of fused-ring (bicyclic) bond motifs is 5. The van der Waals surface area contributed by atoms with Crippen molar-refractivity contribution < 1.29 is 4.74 Å². The molecule has 4 rings (SSSR count). The Balaban J connectivity index is 1.59. The minimum absolute atomic E-state index is 0.439. The molecule has 4 saturated carbocycles. The molecule has 0 aromatic heterocycles. The lowest BCUT2D eigenvalue weighted by atomic mass is 9.45. The molecule has 0 spiro atoms. The molecule has 7 unspecified atom stereocenters. The molecule has 0 aliphatic heterocycles. The quantitative estimate of drug-likeness (QED) is 0.573. The average molecular weight is 303 g/mol. The lowest BCUT2D eigenvalue weighted by Crippen LogP contribution is -2.53. The van der Waals surface area contributed by atoms with Crippen LogP contribution in [-0.2, 0) is 4.74 Å². The van der Waals surface area contributed by atoms with Gasteiger partial charge in [0.05, 0.1) is 12.4 Å². The van der Waals surface area contributed by atoms with Crippen LogP contribution in [0.1, 0.15) is 78.1 Å². The van der Waals surface area contributed by atoms with E-state index in [1.165, 1.54) is 64.2 Å². The van der Waals surface area contributed by atoms with E-state index < -0.39 is 0 Å². The zero-order valence-corrected chi connectivity index (χ0v) is 14.7. The van der Waals surface area contributed by atoms with Crippen molar-refractivity contribution in [3.63, 3.8) is 0 Å². The minimum Gasteiger partial charge on any atom is -0.499 e. The maximum atomic E-state index is 5.85. The molecule has 4 aliphatic rings. The molecule has 0 aromatic carbocycles. The van der Waals surface area contributed by atoms with E-state index in [0.29, 0.717) is 16.9 Å². The molecule has 1 heteroatoms. The van der Waals surface area contributed by atoms with Crippen molar-refractivity contribution >= 4 is 0 Å². The van der Waals surface area contributed by atoms with E-state index in [1.54, 1.807) is 6.26 Å². The molecule has 7 atom stereocenters. The van der Waals surface area contributed by atoms with Crippen LogP contribution in [0.4, 0.5) is 0 Å². The molecule has 0 bridgehead atoms. The zero-order chi connectivity index (χ0) is 15.4. The molecular formula is C21H34O. The minimum atomic E-state index is 0.439. The lowest BCUT2D eigenvalue weighted by molar-refractivity contribution is -0.126. The van der Waals surface area contributed by atoms with Crippen molar-refractivity contribution in [2.75, 3.05) is 0 Å². The fourth-order valence-electron chi connectivity index (χ4n) is 7.55. The molecule has 0 radical (unpaired) electrons. The van der Waals surface area contributed by atoms with Crippen molar-refractivity contribution in [1.82, 2.24) is 0 Å². The van der Waals surface area contributed by atoms with Crippen LogP contribution >= 0.6 is 0 Å². The Morgan fingerprint density at radius 2 is 1.77 bits per heavy atom. The standard InChI is InChI=1S/C21H34O/c1-4-22-16-9-7-15-8-10-17-18-6-5-12-20(18,2)13-11-19(17)21(15,3)14-16/h4,15-19H,1,5-14H2,2-3H3. The second kappa shape index (κ2) is 5.28. The Kier molecular flexibility index (Phi) is 3.62. The highest BCUT2D eigenvalue weighted by Crippen LogP contribution is 2.66. The molecule has 1 nitrogen and oxygen atoms in total. The number of hydrogen-bond acceptors (Lipinski definition) is 1. The van der Waals surface area contributed by atoms with Crippen LogP contribution in [0.5, 0.6) is 0 Å². The van der Waals surface area contributed by atoms with Crippen LogP contribution in [0.2, 0.25) is 0 Å². The fourth-order valence-corrected chi connectivity index (χ4v) is 7.55. The van der Waals surface area contributed by atoms with Gasteiger partial charge < -0.3 is 4.74 Å². The van der Waals surface area contributed by atoms with Gasteiger partial charge in [0.25, 0.3) is 0 Å². The first-order valence-electron chi connectivity index (χ1n) is 9.83. The smallest absolute Gasteiger partial charge is 0.0983 e. The lowest BCUT2D eigenvalue weighted by Gasteiger charge is -2.60. The molecule has 0 aromatic rings. The summed E-state index contributed by atoms with van der Waals surface area (Å²) >= 11 is 0. The predicted octanol–water partition coefficient (Wildman–Crippen LogP) is 5.95. The van der Waals surface area contributed by atoms with Crippen LogP contribution in [0.15, 0.2) is 12.8 Å². The largest absolute Gasteiger partial charge is 0.499 e. The van der Waals surface area contributed by atoms with Crippen molar-refractivity contribution in [1.29, 1.82) is 0 Å². The molecule has 4 aliphatic carbocycles. The fraction of sp³-hybridized carbons (Fsp3) is 0.905. The van der Waals surface area contributed by atoms with Crippen molar-refractivity contribution in [2.45, 2.75) is 84.2 Å². The number of rotatable bonds is 2. The van der Waals surface area contributed by atoms with Gasteiger partial charge in [0.15, 0.2) is 0 Å². The third-order valence-corrected chi connectivity index (χ3v) is 8.64. The van der Waals surface area contributed by atoms with Gasteiger partial charge in [-0.3, -0.25) is 0 Å². The van der Waals surface area contributed by atoms with E-state index in [2.05, 4.69) is 20.4 Å². The van der Waals surface area contributed by atoms with Crippen LogP contribution in [0.25, 0.3) is 0 Å². The molecule has 0 N–H and O–H groups in total. The van der Waals surface area contributed by atoms with Gasteiger partial charge in [0.2, 0.25) is 0 Å². The van der Waals surface area contributed by atoms with Crippen molar-refractivity contribution in [2.24, 2.45) is 34.5 Å².